The highest BCUT2D eigenvalue weighted by molar-refractivity contribution is 7.07. The van der Waals surface area contributed by atoms with Crippen LogP contribution < -0.4 is 10.6 Å². The van der Waals surface area contributed by atoms with Gasteiger partial charge in [0.2, 0.25) is 0 Å². The number of hydrogen-bond acceptors (Lipinski definition) is 4. The smallest absolute Gasteiger partial charge is 0.315 e. The summed E-state index contributed by atoms with van der Waals surface area (Å²) in [5, 5.41) is 17.4. The highest BCUT2D eigenvalue weighted by atomic mass is 32.1. The van der Waals surface area contributed by atoms with E-state index in [1.54, 1.807) is 12.4 Å². The number of amides is 2. The van der Waals surface area contributed by atoms with Crippen molar-refractivity contribution in [2.75, 3.05) is 6.54 Å². The van der Waals surface area contributed by atoms with Crippen LogP contribution in [-0.2, 0) is 6.54 Å². The second-order valence-electron chi connectivity index (χ2n) is 4.68. The van der Waals surface area contributed by atoms with E-state index < -0.39 is 5.60 Å². The Kier molecular flexibility index (Phi) is 5.55. The molecule has 3 N–H and O–H groups in total. The van der Waals surface area contributed by atoms with Crippen molar-refractivity contribution < 1.29 is 9.90 Å². The number of nitrogens with zero attached hydrogens (tertiary/aromatic N) is 1. The van der Waals surface area contributed by atoms with Gasteiger partial charge in [0, 0.05) is 11.9 Å². The quantitative estimate of drug-likeness (QED) is 0.738. The summed E-state index contributed by atoms with van der Waals surface area (Å²) in [5.74, 6) is 0.136. The fourth-order valence-electron chi connectivity index (χ4n) is 1.43. The van der Waals surface area contributed by atoms with Gasteiger partial charge >= 0.3 is 6.03 Å². The first-order valence-corrected chi connectivity index (χ1v) is 7.01. The van der Waals surface area contributed by atoms with E-state index >= 15 is 0 Å². The van der Waals surface area contributed by atoms with Crippen molar-refractivity contribution in [3.8, 4) is 0 Å². The van der Waals surface area contributed by atoms with Crippen LogP contribution in [0.3, 0.4) is 0 Å². The molecule has 18 heavy (non-hydrogen) atoms. The van der Waals surface area contributed by atoms with Crippen LogP contribution in [0.15, 0.2) is 10.9 Å². The molecular formula is C12H21N3O2S. The second kappa shape index (κ2) is 6.70. The van der Waals surface area contributed by atoms with Gasteiger partial charge in [0.15, 0.2) is 0 Å². The molecule has 1 aromatic rings. The maximum absolute atomic E-state index is 11.5. The Morgan fingerprint density at radius 2 is 2.33 bits per heavy atom. The van der Waals surface area contributed by atoms with Gasteiger partial charge in [-0.3, -0.25) is 0 Å². The lowest BCUT2D eigenvalue weighted by Gasteiger charge is -2.29. The molecule has 1 rings (SSSR count). The summed E-state index contributed by atoms with van der Waals surface area (Å²) in [6.07, 6.45) is 0.870. The molecule has 0 aliphatic carbocycles. The topological polar surface area (TPSA) is 74.2 Å². The van der Waals surface area contributed by atoms with Crippen molar-refractivity contribution in [1.82, 2.24) is 15.6 Å². The fourth-order valence-corrected chi connectivity index (χ4v) is 1.99. The summed E-state index contributed by atoms with van der Waals surface area (Å²) in [4.78, 5) is 15.6. The van der Waals surface area contributed by atoms with E-state index in [1.165, 1.54) is 11.3 Å². The molecule has 2 unspecified atom stereocenters. The highest BCUT2D eigenvalue weighted by Crippen LogP contribution is 2.18. The maximum atomic E-state index is 11.5. The standard InChI is InChI=1S/C12H21N3O2S/c1-4-9(2)12(3,17)7-14-11(16)13-5-10-6-18-8-15-10/h6,8-9,17H,4-5,7H2,1-3H3,(H2,13,14,16). The number of thiazole rings is 1. The van der Waals surface area contributed by atoms with Gasteiger partial charge in [0.1, 0.15) is 0 Å². The van der Waals surface area contributed by atoms with E-state index in [0.717, 1.165) is 12.1 Å². The van der Waals surface area contributed by atoms with E-state index in [1.807, 2.05) is 19.2 Å². The zero-order chi connectivity index (χ0) is 13.6. The third kappa shape index (κ3) is 4.62. The van der Waals surface area contributed by atoms with Crippen molar-refractivity contribution in [3.63, 3.8) is 0 Å². The van der Waals surface area contributed by atoms with E-state index in [9.17, 15) is 9.90 Å². The normalized spacial score (nSPS) is 15.8. The lowest BCUT2D eigenvalue weighted by molar-refractivity contribution is 0.00790. The number of carbonyl (C=O) groups excluding carboxylic acids is 1. The molecule has 1 heterocycles. The van der Waals surface area contributed by atoms with Gasteiger partial charge in [-0.2, -0.15) is 0 Å². The lowest BCUT2D eigenvalue weighted by atomic mass is 9.89. The first-order chi connectivity index (χ1) is 8.45. The van der Waals surface area contributed by atoms with Crippen LogP contribution in [0.2, 0.25) is 0 Å². The first kappa shape index (κ1) is 14.9. The number of urea groups is 1. The number of aromatic nitrogens is 1. The third-order valence-electron chi connectivity index (χ3n) is 3.19. The molecule has 0 fully saturated rings. The van der Waals surface area contributed by atoms with Crippen molar-refractivity contribution in [2.24, 2.45) is 5.92 Å². The van der Waals surface area contributed by atoms with Gasteiger partial charge in [-0.05, 0) is 12.8 Å². The van der Waals surface area contributed by atoms with Crippen LogP contribution in [0.4, 0.5) is 4.79 Å². The SMILES string of the molecule is CCC(C)C(C)(O)CNC(=O)NCc1cscn1. The molecule has 2 amide bonds. The summed E-state index contributed by atoms with van der Waals surface area (Å²) in [6, 6.07) is -0.286. The Bertz CT molecular complexity index is 365. The lowest BCUT2D eigenvalue weighted by Crippen LogP contribution is -2.47. The van der Waals surface area contributed by atoms with E-state index in [2.05, 4.69) is 15.6 Å². The molecule has 6 heteroatoms. The number of aliphatic hydroxyl groups is 1. The average Bonchev–Trinajstić information content (AvgIpc) is 2.86. The first-order valence-electron chi connectivity index (χ1n) is 6.07. The molecule has 5 nitrogen and oxygen atoms in total. The zero-order valence-electron chi connectivity index (χ0n) is 11.1. The van der Waals surface area contributed by atoms with Crippen molar-refractivity contribution >= 4 is 17.4 Å². The highest BCUT2D eigenvalue weighted by Gasteiger charge is 2.27. The Balaban J connectivity index is 2.28. The Labute approximate surface area is 112 Å². The van der Waals surface area contributed by atoms with E-state index in [0.29, 0.717) is 6.54 Å². The number of carbonyl (C=O) groups is 1. The molecule has 1 aromatic heterocycles. The predicted octanol–water partition coefficient (Wildman–Crippen LogP) is 1.74. The molecule has 0 aromatic carbocycles. The van der Waals surface area contributed by atoms with Crippen molar-refractivity contribution in [2.45, 2.75) is 39.3 Å². The Morgan fingerprint density at radius 3 is 2.89 bits per heavy atom. The zero-order valence-corrected chi connectivity index (χ0v) is 11.9. The molecule has 0 radical (unpaired) electrons. The van der Waals surface area contributed by atoms with E-state index in [-0.39, 0.29) is 18.5 Å². The molecule has 0 aliphatic rings. The van der Waals surface area contributed by atoms with Gasteiger partial charge in [0.25, 0.3) is 0 Å². The van der Waals surface area contributed by atoms with Gasteiger partial charge in [-0.15, -0.1) is 11.3 Å². The van der Waals surface area contributed by atoms with Crippen LogP contribution in [-0.4, -0.2) is 28.3 Å². The number of hydrogen-bond donors (Lipinski definition) is 3. The second-order valence-corrected chi connectivity index (χ2v) is 5.40. The molecule has 102 valence electrons. The van der Waals surface area contributed by atoms with E-state index in [4.69, 9.17) is 0 Å². The minimum atomic E-state index is -0.882. The summed E-state index contributed by atoms with van der Waals surface area (Å²) < 4.78 is 0. The van der Waals surface area contributed by atoms with Crippen LogP contribution in [0.1, 0.15) is 32.9 Å². The van der Waals surface area contributed by atoms with Crippen molar-refractivity contribution in [3.05, 3.63) is 16.6 Å². The van der Waals surface area contributed by atoms with Gasteiger partial charge in [0.05, 0.1) is 23.4 Å². The summed E-state index contributed by atoms with van der Waals surface area (Å²) in [6.45, 7) is 6.36. The predicted molar refractivity (Wildman–Crippen MR) is 72.4 cm³/mol. The molecule has 0 saturated carbocycles. The number of rotatable bonds is 6. The monoisotopic (exact) mass is 271 g/mol. The van der Waals surface area contributed by atoms with Crippen LogP contribution in [0, 0.1) is 5.92 Å². The summed E-state index contributed by atoms with van der Waals surface area (Å²) >= 11 is 1.49. The van der Waals surface area contributed by atoms with Crippen molar-refractivity contribution in [1.29, 1.82) is 0 Å². The third-order valence-corrected chi connectivity index (χ3v) is 3.83. The Morgan fingerprint density at radius 1 is 1.61 bits per heavy atom. The molecular weight excluding hydrogens is 250 g/mol. The van der Waals surface area contributed by atoms with Crippen LogP contribution >= 0.6 is 11.3 Å². The number of nitrogens with one attached hydrogen (secondary N) is 2. The molecule has 0 spiro atoms. The summed E-state index contributed by atoms with van der Waals surface area (Å²) in [7, 11) is 0. The van der Waals surface area contributed by atoms with Crippen LogP contribution in [0.25, 0.3) is 0 Å². The minimum Gasteiger partial charge on any atom is -0.388 e. The maximum Gasteiger partial charge on any atom is 0.315 e. The van der Waals surface area contributed by atoms with Crippen LogP contribution in [0.5, 0.6) is 0 Å². The average molecular weight is 271 g/mol. The van der Waals surface area contributed by atoms with Gasteiger partial charge < -0.3 is 15.7 Å². The fraction of sp³-hybridized carbons (Fsp3) is 0.667. The van der Waals surface area contributed by atoms with Gasteiger partial charge in [-0.1, -0.05) is 20.3 Å². The minimum absolute atomic E-state index is 0.136. The molecule has 2 atom stereocenters. The van der Waals surface area contributed by atoms with Gasteiger partial charge in [-0.25, -0.2) is 9.78 Å². The summed E-state index contributed by atoms with van der Waals surface area (Å²) in [5.41, 5.74) is 1.68. The Hall–Kier alpha value is -1.14. The molecule has 0 bridgehead atoms. The molecule has 0 saturated heterocycles. The largest absolute Gasteiger partial charge is 0.388 e. The molecule has 0 aliphatic heterocycles.